The lowest BCUT2D eigenvalue weighted by Crippen LogP contribution is -2.45. The number of likely N-dealkylation sites (tertiary alicyclic amines) is 1. The first-order valence-electron chi connectivity index (χ1n) is 3.47. The highest BCUT2D eigenvalue weighted by atomic mass is 16.3. The van der Waals surface area contributed by atoms with Crippen LogP contribution in [-0.4, -0.2) is 35.2 Å². The van der Waals surface area contributed by atoms with Crippen LogP contribution in [0.1, 0.15) is 12.8 Å². The van der Waals surface area contributed by atoms with Crippen LogP contribution in [0.25, 0.3) is 0 Å². The number of rotatable bonds is 0. The summed E-state index contributed by atoms with van der Waals surface area (Å²) in [6.45, 7) is 1.34. The molecule has 4 N–H and O–H groups in total. The number of hydrogen-bond donors (Lipinski definition) is 3. The largest absolute Gasteiger partial charge is 0.391 e. The van der Waals surface area contributed by atoms with Crippen LogP contribution in [0.15, 0.2) is 0 Å². The van der Waals surface area contributed by atoms with Gasteiger partial charge in [-0.25, -0.2) is 0 Å². The summed E-state index contributed by atoms with van der Waals surface area (Å²) < 4.78 is 0. The van der Waals surface area contributed by atoms with Crippen molar-refractivity contribution in [2.45, 2.75) is 18.9 Å². The highest BCUT2D eigenvalue weighted by molar-refractivity contribution is 5.74. The van der Waals surface area contributed by atoms with E-state index in [9.17, 15) is 0 Å². The minimum atomic E-state index is -0.294. The standard InChI is InChI=1S/C6H13N3O/c7-6(8)9-3-1-2-5(10)4-9/h5,10H,1-4H2,(H3,7,8)/t5-/m1/s1. The molecule has 0 radical (unpaired) electrons. The number of nitrogens with one attached hydrogen (secondary N) is 1. The van der Waals surface area contributed by atoms with Crippen molar-refractivity contribution in [3.8, 4) is 0 Å². The number of guanidine groups is 1. The number of β-amino-alcohol motifs (C(OH)–C–C–N with tert-alkyl or cyclic N) is 1. The average Bonchev–Trinajstić information content (AvgIpc) is 1.88. The van der Waals surface area contributed by atoms with Gasteiger partial charge in [-0.05, 0) is 12.8 Å². The number of piperidine rings is 1. The Labute approximate surface area is 60.1 Å². The molecule has 4 nitrogen and oxygen atoms in total. The van der Waals surface area contributed by atoms with Crippen LogP contribution >= 0.6 is 0 Å². The molecule has 1 rings (SSSR count). The van der Waals surface area contributed by atoms with Crippen LogP contribution < -0.4 is 5.73 Å². The Morgan fingerprint density at radius 3 is 2.80 bits per heavy atom. The third-order valence-electron chi connectivity index (χ3n) is 1.74. The Hall–Kier alpha value is -0.770. The van der Waals surface area contributed by atoms with Crippen LogP contribution in [0.2, 0.25) is 0 Å². The van der Waals surface area contributed by atoms with E-state index >= 15 is 0 Å². The molecular weight excluding hydrogens is 130 g/mol. The molecule has 4 heteroatoms. The summed E-state index contributed by atoms with van der Waals surface area (Å²) in [4.78, 5) is 1.69. The number of hydrogen-bond acceptors (Lipinski definition) is 2. The molecule has 0 amide bonds. The van der Waals surface area contributed by atoms with Crippen LogP contribution in [0, 0.1) is 5.41 Å². The van der Waals surface area contributed by atoms with Crippen molar-refractivity contribution in [2.75, 3.05) is 13.1 Å². The molecule has 0 saturated carbocycles. The molecule has 1 aliphatic heterocycles. The molecule has 0 aliphatic carbocycles. The summed E-state index contributed by atoms with van der Waals surface area (Å²) in [5.41, 5.74) is 5.23. The summed E-state index contributed by atoms with van der Waals surface area (Å²) in [6.07, 6.45) is 1.47. The topological polar surface area (TPSA) is 73.3 Å². The van der Waals surface area contributed by atoms with Gasteiger partial charge >= 0.3 is 0 Å². The Morgan fingerprint density at radius 1 is 1.70 bits per heavy atom. The zero-order chi connectivity index (χ0) is 7.56. The Balaban J connectivity index is 2.39. The molecule has 0 unspecified atom stereocenters. The van der Waals surface area contributed by atoms with Crippen LogP contribution in [-0.2, 0) is 0 Å². The third kappa shape index (κ3) is 1.60. The molecule has 1 atom stereocenters. The first kappa shape index (κ1) is 7.34. The molecule has 0 bridgehead atoms. The first-order valence-corrected chi connectivity index (χ1v) is 3.47. The maximum absolute atomic E-state index is 9.13. The molecule has 1 fully saturated rings. The summed E-state index contributed by atoms with van der Waals surface area (Å²) in [6, 6.07) is 0. The minimum absolute atomic E-state index is 0.0683. The average molecular weight is 143 g/mol. The van der Waals surface area contributed by atoms with Crippen molar-refractivity contribution >= 4 is 5.96 Å². The normalized spacial score (nSPS) is 26.5. The lowest BCUT2D eigenvalue weighted by Gasteiger charge is -2.29. The lowest BCUT2D eigenvalue weighted by molar-refractivity contribution is 0.102. The van der Waals surface area contributed by atoms with E-state index in [-0.39, 0.29) is 12.1 Å². The molecule has 1 saturated heterocycles. The number of aliphatic hydroxyl groups is 1. The van der Waals surface area contributed by atoms with Gasteiger partial charge in [-0.3, -0.25) is 5.41 Å². The van der Waals surface area contributed by atoms with E-state index in [2.05, 4.69) is 0 Å². The van der Waals surface area contributed by atoms with E-state index in [4.69, 9.17) is 16.2 Å². The molecule has 1 heterocycles. The van der Waals surface area contributed by atoms with E-state index in [1.165, 1.54) is 0 Å². The number of aliphatic hydroxyl groups excluding tert-OH is 1. The molecule has 0 aromatic rings. The SMILES string of the molecule is N=C(N)N1CCC[C@@H](O)C1. The highest BCUT2D eigenvalue weighted by Gasteiger charge is 2.17. The zero-order valence-corrected chi connectivity index (χ0v) is 5.88. The van der Waals surface area contributed by atoms with E-state index < -0.39 is 0 Å². The van der Waals surface area contributed by atoms with Gasteiger partial charge in [-0.15, -0.1) is 0 Å². The van der Waals surface area contributed by atoms with Gasteiger partial charge in [-0.1, -0.05) is 0 Å². The minimum Gasteiger partial charge on any atom is -0.391 e. The molecule has 10 heavy (non-hydrogen) atoms. The van der Waals surface area contributed by atoms with E-state index in [0.29, 0.717) is 6.54 Å². The van der Waals surface area contributed by atoms with Gasteiger partial charge in [0.1, 0.15) is 0 Å². The molecule has 0 spiro atoms. The van der Waals surface area contributed by atoms with Crippen molar-refractivity contribution in [1.82, 2.24) is 4.90 Å². The van der Waals surface area contributed by atoms with E-state index in [0.717, 1.165) is 19.4 Å². The second-order valence-corrected chi connectivity index (χ2v) is 2.63. The summed E-state index contributed by atoms with van der Waals surface area (Å²) >= 11 is 0. The fourth-order valence-electron chi connectivity index (χ4n) is 1.17. The van der Waals surface area contributed by atoms with Crippen molar-refractivity contribution < 1.29 is 5.11 Å². The Kier molecular flexibility index (Phi) is 2.11. The second kappa shape index (κ2) is 2.88. The summed E-state index contributed by atoms with van der Waals surface area (Å²) in [5.74, 6) is 0.0683. The van der Waals surface area contributed by atoms with Gasteiger partial charge in [0.05, 0.1) is 6.10 Å². The van der Waals surface area contributed by atoms with Crippen molar-refractivity contribution in [3.63, 3.8) is 0 Å². The van der Waals surface area contributed by atoms with Crippen molar-refractivity contribution in [3.05, 3.63) is 0 Å². The zero-order valence-electron chi connectivity index (χ0n) is 5.88. The van der Waals surface area contributed by atoms with Gasteiger partial charge in [0.25, 0.3) is 0 Å². The first-order chi connectivity index (χ1) is 4.70. The maximum Gasteiger partial charge on any atom is 0.188 e. The summed E-state index contributed by atoms with van der Waals surface area (Å²) in [5, 5.41) is 16.2. The fourth-order valence-corrected chi connectivity index (χ4v) is 1.17. The smallest absolute Gasteiger partial charge is 0.188 e. The fraction of sp³-hybridized carbons (Fsp3) is 0.833. The molecule has 0 aromatic heterocycles. The predicted molar refractivity (Wildman–Crippen MR) is 38.7 cm³/mol. The Morgan fingerprint density at radius 2 is 2.40 bits per heavy atom. The van der Waals surface area contributed by atoms with Crippen molar-refractivity contribution in [2.24, 2.45) is 5.73 Å². The molecular formula is C6H13N3O. The molecule has 58 valence electrons. The lowest BCUT2D eigenvalue weighted by atomic mass is 10.1. The molecule has 1 aliphatic rings. The van der Waals surface area contributed by atoms with Gasteiger partial charge in [0, 0.05) is 13.1 Å². The quantitative estimate of drug-likeness (QED) is 0.311. The van der Waals surface area contributed by atoms with Crippen LogP contribution in [0.5, 0.6) is 0 Å². The highest BCUT2D eigenvalue weighted by Crippen LogP contribution is 2.08. The van der Waals surface area contributed by atoms with E-state index in [1.807, 2.05) is 0 Å². The van der Waals surface area contributed by atoms with Gasteiger partial charge in [0.15, 0.2) is 5.96 Å². The summed E-state index contributed by atoms with van der Waals surface area (Å²) in [7, 11) is 0. The van der Waals surface area contributed by atoms with Crippen LogP contribution in [0.3, 0.4) is 0 Å². The van der Waals surface area contributed by atoms with Gasteiger partial charge in [-0.2, -0.15) is 0 Å². The Bertz CT molecular complexity index is 137. The number of nitrogens with zero attached hydrogens (tertiary/aromatic N) is 1. The number of nitrogens with two attached hydrogens (primary N) is 1. The van der Waals surface area contributed by atoms with Crippen LogP contribution in [0.4, 0.5) is 0 Å². The maximum atomic E-state index is 9.13. The third-order valence-corrected chi connectivity index (χ3v) is 1.74. The monoisotopic (exact) mass is 143 g/mol. The molecule has 0 aromatic carbocycles. The van der Waals surface area contributed by atoms with E-state index in [1.54, 1.807) is 4.90 Å². The van der Waals surface area contributed by atoms with Gasteiger partial charge in [0.2, 0.25) is 0 Å². The second-order valence-electron chi connectivity index (χ2n) is 2.63. The predicted octanol–water partition coefficient (Wildman–Crippen LogP) is -0.663. The van der Waals surface area contributed by atoms with Gasteiger partial charge < -0.3 is 15.7 Å². The van der Waals surface area contributed by atoms with Crippen molar-refractivity contribution in [1.29, 1.82) is 5.41 Å².